The van der Waals surface area contributed by atoms with Crippen LogP contribution in [0.4, 0.5) is 0 Å². The molecule has 2 nitrogen and oxygen atoms in total. The Balaban J connectivity index is 1.85. The van der Waals surface area contributed by atoms with Crippen molar-refractivity contribution in [1.29, 1.82) is 0 Å². The largest absolute Gasteiger partial charge is 0.489 e. The molecule has 0 saturated carbocycles. The summed E-state index contributed by atoms with van der Waals surface area (Å²) in [5.74, 6) is 1.29. The number of hydrogen-bond donors (Lipinski definition) is 0. The minimum atomic E-state index is 0.0711. The summed E-state index contributed by atoms with van der Waals surface area (Å²) in [5, 5.41) is 0. The lowest BCUT2D eigenvalue weighted by Crippen LogP contribution is -2.18. The lowest BCUT2D eigenvalue weighted by Gasteiger charge is -2.09. The molecule has 0 bridgehead atoms. The van der Waals surface area contributed by atoms with Crippen LogP contribution in [-0.4, -0.2) is 11.9 Å². The molecule has 0 radical (unpaired) electrons. The van der Waals surface area contributed by atoms with Crippen LogP contribution in [0.1, 0.15) is 38.2 Å². The van der Waals surface area contributed by atoms with E-state index in [1.165, 1.54) is 5.56 Å². The predicted octanol–water partition coefficient (Wildman–Crippen LogP) is 3.14. The molecule has 86 valence electrons. The van der Waals surface area contributed by atoms with Crippen LogP contribution in [0.5, 0.6) is 5.75 Å². The number of rotatable bonds is 5. The summed E-state index contributed by atoms with van der Waals surface area (Å²) in [6, 6.07) is 8.04. The number of hydrogen-bond acceptors (Lipinski definition) is 2. The first-order chi connectivity index (χ1) is 7.79. The van der Waals surface area contributed by atoms with Crippen LogP contribution in [0.2, 0.25) is 0 Å². The predicted molar refractivity (Wildman–Crippen MR) is 63.7 cm³/mol. The first kappa shape index (κ1) is 11.2. The van der Waals surface area contributed by atoms with Gasteiger partial charge in [0.25, 0.3) is 0 Å². The van der Waals surface area contributed by atoms with Gasteiger partial charge < -0.3 is 4.74 Å². The Bertz CT molecular complexity index is 346. The fourth-order valence-corrected chi connectivity index (χ4v) is 2.10. The lowest BCUT2D eigenvalue weighted by molar-refractivity contribution is -0.120. The Morgan fingerprint density at radius 3 is 3.00 bits per heavy atom. The van der Waals surface area contributed by atoms with Crippen molar-refractivity contribution in [2.24, 2.45) is 0 Å². The number of benzene rings is 1. The molecule has 0 saturated heterocycles. The fraction of sp³-hybridized carbons (Fsp3) is 0.500. The second kappa shape index (κ2) is 5.15. The third-order valence-corrected chi connectivity index (χ3v) is 2.98. The molecule has 1 heterocycles. The van der Waals surface area contributed by atoms with Crippen LogP contribution >= 0.6 is 0 Å². The van der Waals surface area contributed by atoms with E-state index in [0.29, 0.717) is 18.6 Å². The number of ketones is 1. The Labute approximate surface area is 96.6 Å². The smallest absolute Gasteiger partial charge is 0.136 e. The van der Waals surface area contributed by atoms with Crippen molar-refractivity contribution in [3.05, 3.63) is 29.8 Å². The van der Waals surface area contributed by atoms with E-state index >= 15 is 0 Å². The number of fused-ring (bicyclic) bond motifs is 1. The number of carbonyl (C=O) groups excluding carboxylic acids is 1. The monoisotopic (exact) mass is 218 g/mol. The van der Waals surface area contributed by atoms with E-state index in [2.05, 4.69) is 13.0 Å². The van der Waals surface area contributed by atoms with Crippen LogP contribution in [-0.2, 0) is 11.2 Å². The van der Waals surface area contributed by atoms with Gasteiger partial charge in [0.15, 0.2) is 0 Å². The van der Waals surface area contributed by atoms with Gasteiger partial charge in [-0.15, -0.1) is 0 Å². The summed E-state index contributed by atoms with van der Waals surface area (Å²) in [5.41, 5.74) is 1.23. The maximum absolute atomic E-state index is 11.6. The van der Waals surface area contributed by atoms with E-state index in [4.69, 9.17) is 4.74 Å². The topological polar surface area (TPSA) is 26.3 Å². The zero-order valence-corrected chi connectivity index (χ0v) is 9.74. The van der Waals surface area contributed by atoms with Gasteiger partial charge in [0.2, 0.25) is 0 Å². The molecule has 1 aromatic rings. The number of carbonyl (C=O) groups is 1. The zero-order chi connectivity index (χ0) is 11.4. The molecule has 0 spiro atoms. The Morgan fingerprint density at radius 1 is 1.44 bits per heavy atom. The van der Waals surface area contributed by atoms with Gasteiger partial charge >= 0.3 is 0 Å². The molecule has 1 atom stereocenters. The molecule has 16 heavy (non-hydrogen) atoms. The van der Waals surface area contributed by atoms with Crippen LogP contribution in [0.3, 0.4) is 0 Å². The van der Waals surface area contributed by atoms with Crippen molar-refractivity contribution in [2.45, 2.75) is 45.1 Å². The highest BCUT2D eigenvalue weighted by atomic mass is 16.5. The molecular formula is C14H18O2. The minimum absolute atomic E-state index is 0.0711. The van der Waals surface area contributed by atoms with Crippen LogP contribution < -0.4 is 4.74 Å². The number of ether oxygens (including phenoxy) is 1. The Kier molecular flexibility index (Phi) is 3.60. The maximum Gasteiger partial charge on any atom is 0.136 e. The molecule has 0 fully saturated rings. The molecule has 0 amide bonds. The second-order valence-electron chi connectivity index (χ2n) is 4.40. The molecule has 0 aliphatic carbocycles. The molecular weight excluding hydrogens is 200 g/mol. The molecule has 0 aromatic heterocycles. The van der Waals surface area contributed by atoms with Gasteiger partial charge in [-0.05, 0) is 18.1 Å². The van der Waals surface area contributed by atoms with Crippen molar-refractivity contribution in [3.8, 4) is 5.75 Å². The summed E-state index contributed by atoms with van der Waals surface area (Å²) in [6.45, 7) is 2.11. The quantitative estimate of drug-likeness (QED) is 0.759. The van der Waals surface area contributed by atoms with Crippen molar-refractivity contribution < 1.29 is 9.53 Å². The van der Waals surface area contributed by atoms with Gasteiger partial charge in [-0.3, -0.25) is 4.79 Å². The van der Waals surface area contributed by atoms with Gasteiger partial charge in [0.1, 0.15) is 17.6 Å². The van der Waals surface area contributed by atoms with Gasteiger partial charge in [0.05, 0.1) is 0 Å². The standard InChI is InChI=1S/C14H18O2/c1-2-3-7-12(15)10-13-9-11-6-4-5-8-14(11)16-13/h4-6,8,13H,2-3,7,9-10H2,1H3. The summed E-state index contributed by atoms with van der Waals surface area (Å²) >= 11 is 0. The molecule has 1 aliphatic rings. The summed E-state index contributed by atoms with van der Waals surface area (Å²) in [4.78, 5) is 11.6. The minimum Gasteiger partial charge on any atom is -0.489 e. The van der Waals surface area contributed by atoms with Gasteiger partial charge in [-0.2, -0.15) is 0 Å². The number of Topliss-reactive ketones (excluding diaryl/α,β-unsaturated/α-hetero) is 1. The SMILES string of the molecule is CCCCC(=O)CC1Cc2ccccc2O1. The highest BCUT2D eigenvalue weighted by Crippen LogP contribution is 2.29. The van der Waals surface area contributed by atoms with Crippen molar-refractivity contribution in [3.63, 3.8) is 0 Å². The van der Waals surface area contributed by atoms with Gasteiger partial charge in [0, 0.05) is 19.3 Å². The average Bonchev–Trinajstić information content (AvgIpc) is 2.68. The Hall–Kier alpha value is -1.31. The van der Waals surface area contributed by atoms with Crippen LogP contribution in [0.25, 0.3) is 0 Å². The highest BCUT2D eigenvalue weighted by Gasteiger charge is 2.24. The average molecular weight is 218 g/mol. The molecule has 1 aliphatic heterocycles. The Morgan fingerprint density at radius 2 is 2.25 bits per heavy atom. The van der Waals surface area contributed by atoms with Crippen LogP contribution in [0, 0.1) is 0 Å². The van der Waals surface area contributed by atoms with E-state index in [1.807, 2.05) is 18.2 Å². The third-order valence-electron chi connectivity index (χ3n) is 2.98. The van der Waals surface area contributed by atoms with Crippen LogP contribution in [0.15, 0.2) is 24.3 Å². The van der Waals surface area contributed by atoms with Gasteiger partial charge in [-0.25, -0.2) is 0 Å². The highest BCUT2D eigenvalue weighted by molar-refractivity contribution is 5.79. The maximum atomic E-state index is 11.6. The molecule has 2 heteroatoms. The molecule has 2 rings (SSSR count). The summed E-state index contributed by atoms with van der Waals surface area (Å²) in [7, 11) is 0. The van der Waals surface area contributed by atoms with E-state index in [-0.39, 0.29) is 6.10 Å². The van der Waals surface area contributed by atoms with Crippen molar-refractivity contribution in [2.75, 3.05) is 0 Å². The van der Waals surface area contributed by atoms with Crippen molar-refractivity contribution in [1.82, 2.24) is 0 Å². The van der Waals surface area contributed by atoms with Crippen molar-refractivity contribution >= 4 is 5.78 Å². The second-order valence-corrected chi connectivity index (χ2v) is 4.40. The van der Waals surface area contributed by atoms with E-state index in [0.717, 1.165) is 25.0 Å². The van der Waals surface area contributed by atoms with Gasteiger partial charge in [-0.1, -0.05) is 31.5 Å². The van der Waals surface area contributed by atoms with E-state index in [9.17, 15) is 4.79 Å². The normalized spacial score (nSPS) is 17.9. The van der Waals surface area contributed by atoms with E-state index < -0.39 is 0 Å². The summed E-state index contributed by atoms with van der Waals surface area (Å²) in [6.07, 6.45) is 4.30. The number of para-hydroxylation sites is 1. The first-order valence-corrected chi connectivity index (χ1v) is 6.06. The van der Waals surface area contributed by atoms with E-state index in [1.54, 1.807) is 0 Å². The molecule has 1 unspecified atom stereocenters. The zero-order valence-electron chi connectivity index (χ0n) is 9.74. The summed E-state index contributed by atoms with van der Waals surface area (Å²) < 4.78 is 5.74. The molecule has 1 aromatic carbocycles. The third kappa shape index (κ3) is 2.63. The first-order valence-electron chi connectivity index (χ1n) is 6.06. The lowest BCUT2D eigenvalue weighted by atomic mass is 10.0. The molecule has 0 N–H and O–H groups in total. The number of unbranched alkanes of at least 4 members (excludes halogenated alkanes) is 1. The fourth-order valence-electron chi connectivity index (χ4n) is 2.10.